The lowest BCUT2D eigenvalue weighted by atomic mass is 10.4. The lowest BCUT2D eigenvalue weighted by molar-refractivity contribution is -0.126. The van der Waals surface area contributed by atoms with E-state index in [1.54, 1.807) is 6.92 Å². The number of nitrogens with zero attached hydrogens (tertiary/aromatic N) is 3. The summed E-state index contributed by atoms with van der Waals surface area (Å²) in [5.74, 6) is -0.184. The van der Waals surface area contributed by atoms with Gasteiger partial charge in [-0.3, -0.25) is 9.69 Å². The van der Waals surface area contributed by atoms with Crippen molar-refractivity contribution < 1.29 is 9.59 Å². The highest BCUT2D eigenvalue weighted by molar-refractivity contribution is 8.03. The fourth-order valence-electron chi connectivity index (χ4n) is 1.43. The maximum atomic E-state index is 12.0. The molecule has 3 amide bonds. The van der Waals surface area contributed by atoms with Gasteiger partial charge in [-0.15, -0.1) is 10.2 Å². The fourth-order valence-corrected chi connectivity index (χ4v) is 4.07. The molecule has 0 aromatic carbocycles. The van der Waals surface area contributed by atoms with Crippen LogP contribution in [0.5, 0.6) is 0 Å². The van der Waals surface area contributed by atoms with E-state index in [1.807, 2.05) is 6.26 Å². The van der Waals surface area contributed by atoms with Crippen LogP contribution in [0, 0.1) is 0 Å². The summed E-state index contributed by atoms with van der Waals surface area (Å²) in [6.07, 6.45) is 1.93. The Hall–Kier alpha value is -0.800. The molecule has 1 aromatic rings. The minimum absolute atomic E-state index is 0.184. The molecule has 98 valence electrons. The quantitative estimate of drug-likeness (QED) is 0.845. The average Bonchev–Trinajstić information content (AvgIpc) is 2.97. The molecule has 0 bridgehead atoms. The highest BCUT2D eigenvalue weighted by Crippen LogP contribution is 2.30. The molecule has 1 atom stereocenters. The first-order valence-corrected chi connectivity index (χ1v) is 8.17. The van der Waals surface area contributed by atoms with Crippen LogP contribution in [0.2, 0.25) is 0 Å². The summed E-state index contributed by atoms with van der Waals surface area (Å²) in [5, 5.41) is 10.2. The van der Waals surface area contributed by atoms with Gasteiger partial charge in [-0.25, -0.2) is 4.79 Å². The maximum absolute atomic E-state index is 12.0. The van der Waals surface area contributed by atoms with Crippen molar-refractivity contribution >= 4 is 46.8 Å². The molecule has 2 rings (SSSR count). The van der Waals surface area contributed by atoms with Gasteiger partial charge in [0.1, 0.15) is 0 Å². The van der Waals surface area contributed by atoms with E-state index in [0.29, 0.717) is 13.1 Å². The number of urea groups is 1. The molecule has 1 aromatic heterocycles. The molecule has 0 spiro atoms. The number of amides is 3. The van der Waals surface area contributed by atoms with Crippen LogP contribution in [0.1, 0.15) is 6.92 Å². The standard InChI is InChI=1S/C9H12N4O2S3/c1-5(6(14)13-4-3-10-7(13)15)17-9-12-11-8(16-2)18-9/h5H,3-4H2,1-2H3,(H,10,15)/t5-/m0/s1. The first kappa shape index (κ1) is 13.6. The van der Waals surface area contributed by atoms with Gasteiger partial charge in [0, 0.05) is 13.1 Å². The summed E-state index contributed by atoms with van der Waals surface area (Å²) in [6.45, 7) is 2.74. The molecule has 0 unspecified atom stereocenters. The van der Waals surface area contributed by atoms with Crippen molar-refractivity contribution in [3.63, 3.8) is 0 Å². The highest BCUT2D eigenvalue weighted by Gasteiger charge is 2.30. The second kappa shape index (κ2) is 5.89. The summed E-state index contributed by atoms with van der Waals surface area (Å²) in [7, 11) is 0. The molecule has 1 saturated heterocycles. The number of carbonyl (C=O) groups is 2. The van der Waals surface area contributed by atoms with Crippen LogP contribution in [-0.2, 0) is 4.79 Å². The predicted molar refractivity (Wildman–Crippen MR) is 72.1 cm³/mol. The van der Waals surface area contributed by atoms with Gasteiger partial charge in [-0.05, 0) is 13.2 Å². The van der Waals surface area contributed by atoms with Crippen molar-refractivity contribution in [2.75, 3.05) is 19.3 Å². The SMILES string of the molecule is CSc1nnc(S[C@@H](C)C(=O)N2CCNC2=O)s1. The Morgan fingerprint density at radius 1 is 1.50 bits per heavy atom. The number of rotatable bonds is 4. The fraction of sp³-hybridized carbons (Fsp3) is 0.556. The zero-order valence-electron chi connectivity index (χ0n) is 9.87. The Balaban J connectivity index is 1.96. The third kappa shape index (κ3) is 2.96. The molecule has 0 radical (unpaired) electrons. The normalized spacial score (nSPS) is 16.8. The van der Waals surface area contributed by atoms with E-state index in [1.165, 1.54) is 39.8 Å². The number of imide groups is 1. The highest BCUT2D eigenvalue weighted by atomic mass is 32.2. The molecule has 0 aliphatic carbocycles. The van der Waals surface area contributed by atoms with Crippen molar-refractivity contribution in [2.24, 2.45) is 0 Å². The van der Waals surface area contributed by atoms with Crippen LogP contribution in [0.25, 0.3) is 0 Å². The summed E-state index contributed by atoms with van der Waals surface area (Å²) < 4.78 is 1.62. The Labute approximate surface area is 117 Å². The average molecular weight is 304 g/mol. The molecule has 1 aliphatic heterocycles. The van der Waals surface area contributed by atoms with E-state index >= 15 is 0 Å². The second-order valence-electron chi connectivity index (χ2n) is 3.52. The van der Waals surface area contributed by atoms with E-state index in [-0.39, 0.29) is 17.2 Å². The van der Waals surface area contributed by atoms with Gasteiger partial charge in [-0.1, -0.05) is 34.9 Å². The van der Waals surface area contributed by atoms with Crippen molar-refractivity contribution in [3.8, 4) is 0 Å². The minimum atomic E-state index is -0.337. The summed E-state index contributed by atoms with van der Waals surface area (Å²) in [5.41, 5.74) is 0. The molecular formula is C9H12N4O2S3. The molecule has 9 heteroatoms. The third-order valence-corrected chi connectivity index (χ3v) is 5.38. The Bertz CT molecular complexity index is 464. The van der Waals surface area contributed by atoms with E-state index < -0.39 is 0 Å². The van der Waals surface area contributed by atoms with Gasteiger partial charge in [0.25, 0.3) is 0 Å². The summed E-state index contributed by atoms with van der Waals surface area (Å²) in [6, 6.07) is -0.311. The van der Waals surface area contributed by atoms with Gasteiger partial charge in [0.2, 0.25) is 5.91 Å². The van der Waals surface area contributed by atoms with E-state index in [0.717, 1.165) is 8.68 Å². The Morgan fingerprint density at radius 3 is 2.78 bits per heavy atom. The summed E-state index contributed by atoms with van der Waals surface area (Å²) >= 11 is 4.31. The number of thioether (sulfide) groups is 2. The molecular weight excluding hydrogens is 292 g/mol. The van der Waals surface area contributed by atoms with Gasteiger partial charge in [0.15, 0.2) is 8.68 Å². The number of carbonyl (C=O) groups excluding carboxylic acids is 2. The Morgan fingerprint density at radius 2 is 2.22 bits per heavy atom. The van der Waals surface area contributed by atoms with Gasteiger partial charge < -0.3 is 5.32 Å². The van der Waals surface area contributed by atoms with Crippen molar-refractivity contribution in [3.05, 3.63) is 0 Å². The van der Waals surface area contributed by atoms with Crippen molar-refractivity contribution in [2.45, 2.75) is 20.9 Å². The smallest absolute Gasteiger partial charge is 0.324 e. The largest absolute Gasteiger partial charge is 0.336 e. The summed E-state index contributed by atoms with van der Waals surface area (Å²) in [4.78, 5) is 24.7. The molecule has 18 heavy (non-hydrogen) atoms. The molecule has 0 saturated carbocycles. The van der Waals surface area contributed by atoms with Gasteiger partial charge >= 0.3 is 6.03 Å². The molecule has 1 aliphatic rings. The molecule has 1 fully saturated rings. The number of hydrogen-bond acceptors (Lipinski definition) is 7. The minimum Gasteiger partial charge on any atom is -0.336 e. The van der Waals surface area contributed by atoms with Crippen LogP contribution in [0.15, 0.2) is 8.68 Å². The first-order chi connectivity index (χ1) is 8.61. The number of hydrogen-bond donors (Lipinski definition) is 1. The molecule has 6 nitrogen and oxygen atoms in total. The Kier molecular flexibility index (Phi) is 4.46. The zero-order chi connectivity index (χ0) is 13.1. The first-order valence-electron chi connectivity index (χ1n) is 5.25. The van der Waals surface area contributed by atoms with Crippen LogP contribution in [-0.4, -0.2) is 51.6 Å². The lowest BCUT2D eigenvalue weighted by Crippen LogP contribution is -2.38. The van der Waals surface area contributed by atoms with Crippen LogP contribution in [0.3, 0.4) is 0 Å². The van der Waals surface area contributed by atoms with Gasteiger partial charge in [0.05, 0.1) is 5.25 Å². The molecule has 2 heterocycles. The van der Waals surface area contributed by atoms with Crippen LogP contribution >= 0.6 is 34.9 Å². The van der Waals surface area contributed by atoms with E-state index in [4.69, 9.17) is 0 Å². The third-order valence-electron chi connectivity index (χ3n) is 2.31. The topological polar surface area (TPSA) is 75.2 Å². The van der Waals surface area contributed by atoms with Crippen molar-refractivity contribution in [1.29, 1.82) is 0 Å². The predicted octanol–water partition coefficient (Wildman–Crippen LogP) is 1.29. The van der Waals surface area contributed by atoms with E-state index in [2.05, 4.69) is 15.5 Å². The van der Waals surface area contributed by atoms with Crippen LogP contribution < -0.4 is 5.32 Å². The maximum Gasteiger partial charge on any atom is 0.324 e. The monoisotopic (exact) mass is 304 g/mol. The van der Waals surface area contributed by atoms with E-state index in [9.17, 15) is 9.59 Å². The van der Waals surface area contributed by atoms with Crippen LogP contribution in [0.4, 0.5) is 4.79 Å². The van der Waals surface area contributed by atoms with Crippen molar-refractivity contribution in [1.82, 2.24) is 20.4 Å². The number of nitrogens with one attached hydrogen (secondary N) is 1. The second-order valence-corrected chi connectivity index (χ2v) is 7.14. The zero-order valence-corrected chi connectivity index (χ0v) is 12.3. The number of aromatic nitrogens is 2. The lowest BCUT2D eigenvalue weighted by Gasteiger charge is -2.16. The van der Waals surface area contributed by atoms with Gasteiger partial charge in [-0.2, -0.15) is 0 Å². The molecule has 1 N–H and O–H groups in total.